The molecule has 68 valence electrons. The monoisotopic (exact) mass is 167 g/mol. The highest BCUT2D eigenvalue weighted by molar-refractivity contribution is 5.52. The first kappa shape index (κ1) is 11.0. The van der Waals surface area contributed by atoms with Crippen LogP contribution in [0.3, 0.4) is 0 Å². The summed E-state index contributed by atoms with van der Waals surface area (Å²) in [6, 6.07) is 5.63. The molecule has 0 saturated heterocycles. The van der Waals surface area contributed by atoms with Gasteiger partial charge in [0.15, 0.2) is 0 Å². The molecule has 0 atom stereocenters. The number of nitrogens with two attached hydrogens (primary N) is 1. The van der Waals surface area contributed by atoms with Crippen LogP contribution in [0, 0.1) is 6.92 Å². The Hall–Kier alpha value is -1.02. The molecule has 0 heterocycles. The Bertz CT molecular complexity index is 233. The minimum Gasteiger partial charge on any atom is -0.398 e. The largest absolute Gasteiger partial charge is 0.398 e. The molecule has 0 amide bonds. The third kappa shape index (κ3) is 2.55. The van der Waals surface area contributed by atoms with Crippen molar-refractivity contribution < 1.29 is 5.11 Å². The van der Waals surface area contributed by atoms with Crippen molar-refractivity contribution in [2.45, 2.75) is 27.4 Å². The minimum absolute atomic E-state index is 0.0213. The van der Waals surface area contributed by atoms with Crippen molar-refractivity contribution in [3.63, 3.8) is 0 Å². The molecule has 12 heavy (non-hydrogen) atoms. The van der Waals surface area contributed by atoms with E-state index in [9.17, 15) is 0 Å². The molecule has 0 spiro atoms. The van der Waals surface area contributed by atoms with Crippen LogP contribution < -0.4 is 5.73 Å². The summed E-state index contributed by atoms with van der Waals surface area (Å²) >= 11 is 0. The van der Waals surface area contributed by atoms with Crippen LogP contribution in [0.4, 0.5) is 5.69 Å². The summed E-state index contributed by atoms with van der Waals surface area (Å²) in [5.74, 6) is 0. The molecule has 0 aliphatic heterocycles. The molecule has 0 radical (unpaired) electrons. The highest BCUT2D eigenvalue weighted by Gasteiger charge is 1.97. The molecular weight excluding hydrogens is 150 g/mol. The molecule has 0 unspecified atom stereocenters. The summed E-state index contributed by atoms with van der Waals surface area (Å²) in [6.45, 7) is 5.95. The number of rotatable bonds is 1. The molecule has 1 aromatic carbocycles. The lowest BCUT2D eigenvalue weighted by Crippen LogP contribution is -1.95. The van der Waals surface area contributed by atoms with Crippen molar-refractivity contribution in [2.24, 2.45) is 0 Å². The lowest BCUT2D eigenvalue weighted by molar-refractivity contribution is 0.282. The molecule has 0 aromatic heterocycles. The average Bonchev–Trinajstić information content (AvgIpc) is 2.13. The van der Waals surface area contributed by atoms with E-state index in [4.69, 9.17) is 10.8 Å². The average molecular weight is 167 g/mol. The lowest BCUT2D eigenvalue weighted by Gasteiger charge is -2.03. The Morgan fingerprint density at radius 3 is 2.33 bits per heavy atom. The van der Waals surface area contributed by atoms with Gasteiger partial charge in [-0.1, -0.05) is 32.0 Å². The van der Waals surface area contributed by atoms with E-state index in [2.05, 4.69) is 0 Å². The van der Waals surface area contributed by atoms with Crippen LogP contribution >= 0.6 is 0 Å². The second kappa shape index (κ2) is 5.61. The van der Waals surface area contributed by atoms with E-state index in [1.807, 2.05) is 39.0 Å². The van der Waals surface area contributed by atoms with E-state index in [0.29, 0.717) is 5.69 Å². The van der Waals surface area contributed by atoms with E-state index in [0.717, 1.165) is 11.1 Å². The van der Waals surface area contributed by atoms with Crippen molar-refractivity contribution >= 4 is 5.69 Å². The van der Waals surface area contributed by atoms with Gasteiger partial charge >= 0.3 is 0 Å². The Morgan fingerprint density at radius 2 is 1.92 bits per heavy atom. The molecule has 3 N–H and O–H groups in total. The molecule has 0 bridgehead atoms. The molecule has 1 rings (SSSR count). The van der Waals surface area contributed by atoms with Gasteiger partial charge in [-0.25, -0.2) is 0 Å². The zero-order valence-electron chi connectivity index (χ0n) is 7.96. The van der Waals surface area contributed by atoms with E-state index >= 15 is 0 Å². The SMILES string of the molecule is CC.Cc1cccc(CO)c1N. The van der Waals surface area contributed by atoms with Crippen LogP contribution in [-0.4, -0.2) is 5.11 Å². The number of para-hydroxylation sites is 1. The summed E-state index contributed by atoms with van der Waals surface area (Å²) in [5.41, 5.74) is 8.16. The molecular formula is C10H17NO. The number of aryl methyl sites for hydroxylation is 1. The first-order valence-electron chi connectivity index (χ1n) is 4.20. The third-order valence-electron chi connectivity index (χ3n) is 1.58. The van der Waals surface area contributed by atoms with Gasteiger partial charge < -0.3 is 10.8 Å². The van der Waals surface area contributed by atoms with Crippen LogP contribution in [0.2, 0.25) is 0 Å². The number of benzene rings is 1. The number of hydrogen-bond acceptors (Lipinski definition) is 2. The Balaban J connectivity index is 0.000000561. The number of aliphatic hydroxyl groups is 1. The standard InChI is InChI=1S/C8H11NO.C2H6/c1-6-3-2-4-7(5-10)8(6)9;1-2/h2-4,10H,5,9H2,1H3;1-2H3. The fraction of sp³-hybridized carbons (Fsp3) is 0.400. The van der Waals surface area contributed by atoms with Crippen molar-refractivity contribution in [1.82, 2.24) is 0 Å². The fourth-order valence-electron chi connectivity index (χ4n) is 0.879. The second-order valence-corrected chi connectivity index (χ2v) is 2.31. The first-order valence-corrected chi connectivity index (χ1v) is 4.20. The van der Waals surface area contributed by atoms with Gasteiger partial charge in [-0.05, 0) is 12.5 Å². The minimum atomic E-state index is 0.0213. The van der Waals surface area contributed by atoms with Crippen LogP contribution in [0.1, 0.15) is 25.0 Å². The van der Waals surface area contributed by atoms with E-state index in [1.165, 1.54) is 0 Å². The number of hydrogen-bond donors (Lipinski definition) is 2. The van der Waals surface area contributed by atoms with Crippen molar-refractivity contribution in [3.8, 4) is 0 Å². The summed E-state index contributed by atoms with van der Waals surface area (Å²) in [4.78, 5) is 0. The highest BCUT2D eigenvalue weighted by Crippen LogP contribution is 2.15. The molecule has 0 saturated carbocycles. The van der Waals surface area contributed by atoms with Gasteiger partial charge in [-0.3, -0.25) is 0 Å². The van der Waals surface area contributed by atoms with Crippen molar-refractivity contribution in [3.05, 3.63) is 29.3 Å². The Morgan fingerprint density at radius 1 is 1.33 bits per heavy atom. The van der Waals surface area contributed by atoms with Gasteiger partial charge in [0.25, 0.3) is 0 Å². The highest BCUT2D eigenvalue weighted by atomic mass is 16.3. The van der Waals surface area contributed by atoms with Gasteiger partial charge in [0, 0.05) is 11.3 Å². The van der Waals surface area contributed by atoms with Crippen LogP contribution in [-0.2, 0) is 6.61 Å². The molecule has 2 heteroatoms. The lowest BCUT2D eigenvalue weighted by atomic mass is 10.1. The quantitative estimate of drug-likeness (QED) is 0.629. The fourth-order valence-corrected chi connectivity index (χ4v) is 0.879. The first-order chi connectivity index (χ1) is 5.75. The predicted octanol–water partition coefficient (Wildman–Crippen LogP) is 2.10. The molecule has 1 aromatic rings. The summed E-state index contributed by atoms with van der Waals surface area (Å²) < 4.78 is 0. The van der Waals surface area contributed by atoms with Gasteiger partial charge in [-0.2, -0.15) is 0 Å². The maximum Gasteiger partial charge on any atom is 0.0702 e. The second-order valence-electron chi connectivity index (χ2n) is 2.31. The summed E-state index contributed by atoms with van der Waals surface area (Å²) in [7, 11) is 0. The van der Waals surface area contributed by atoms with Gasteiger partial charge in [-0.15, -0.1) is 0 Å². The molecule has 2 nitrogen and oxygen atoms in total. The molecule has 0 fully saturated rings. The van der Waals surface area contributed by atoms with Gasteiger partial charge in [0.05, 0.1) is 6.61 Å². The smallest absolute Gasteiger partial charge is 0.0702 e. The number of aliphatic hydroxyl groups excluding tert-OH is 1. The Kier molecular flexibility index (Phi) is 5.13. The maximum absolute atomic E-state index is 8.76. The Labute approximate surface area is 74.0 Å². The topological polar surface area (TPSA) is 46.2 Å². The van der Waals surface area contributed by atoms with E-state index < -0.39 is 0 Å². The van der Waals surface area contributed by atoms with Crippen LogP contribution in [0.5, 0.6) is 0 Å². The normalized spacial score (nSPS) is 8.67. The number of anilines is 1. The zero-order chi connectivity index (χ0) is 9.56. The molecule has 0 aliphatic carbocycles. The van der Waals surface area contributed by atoms with Gasteiger partial charge in [0.2, 0.25) is 0 Å². The van der Waals surface area contributed by atoms with Gasteiger partial charge in [0.1, 0.15) is 0 Å². The maximum atomic E-state index is 8.76. The predicted molar refractivity (Wildman–Crippen MR) is 52.9 cm³/mol. The third-order valence-corrected chi connectivity index (χ3v) is 1.58. The number of nitrogen functional groups attached to an aromatic ring is 1. The van der Waals surface area contributed by atoms with Crippen molar-refractivity contribution in [1.29, 1.82) is 0 Å². The summed E-state index contributed by atoms with van der Waals surface area (Å²) in [5, 5.41) is 8.76. The van der Waals surface area contributed by atoms with E-state index in [-0.39, 0.29) is 6.61 Å². The van der Waals surface area contributed by atoms with E-state index in [1.54, 1.807) is 0 Å². The van der Waals surface area contributed by atoms with Crippen LogP contribution in [0.15, 0.2) is 18.2 Å². The van der Waals surface area contributed by atoms with Crippen molar-refractivity contribution in [2.75, 3.05) is 5.73 Å². The molecule has 0 aliphatic rings. The summed E-state index contributed by atoms with van der Waals surface area (Å²) in [6.07, 6.45) is 0. The zero-order valence-corrected chi connectivity index (χ0v) is 7.96. The van der Waals surface area contributed by atoms with Crippen LogP contribution in [0.25, 0.3) is 0 Å².